The first-order valence-electron chi connectivity index (χ1n) is 8.09. The molecule has 1 fully saturated rings. The number of nitrogens with one attached hydrogen (secondary N) is 1. The van der Waals surface area contributed by atoms with E-state index in [1.54, 1.807) is 5.51 Å². The van der Waals surface area contributed by atoms with Crippen molar-refractivity contribution >= 4 is 46.7 Å². The Morgan fingerprint density at radius 2 is 1.96 bits per heavy atom. The minimum Gasteiger partial charge on any atom is -0.465 e. The minimum atomic E-state index is -0.906. The van der Waals surface area contributed by atoms with Gasteiger partial charge in [0.05, 0.1) is 16.5 Å². The molecule has 2 heterocycles. The molecule has 26 heavy (non-hydrogen) atoms. The first-order valence-corrected chi connectivity index (χ1v) is 10.1. The van der Waals surface area contributed by atoms with Gasteiger partial charge in [0.1, 0.15) is 5.60 Å². The minimum absolute atomic E-state index is 0.194. The zero-order valence-electron chi connectivity index (χ0n) is 15.1. The van der Waals surface area contributed by atoms with Gasteiger partial charge in [-0.25, -0.2) is 14.6 Å². The SMILES string of the molecule is CC(C)(C)OC(=O)NCC1(c2cscn2)CCN(C(=O)O)CC1.ClCCl. The van der Waals surface area contributed by atoms with Gasteiger partial charge in [0.15, 0.2) is 0 Å². The fraction of sp³-hybridized carbons (Fsp3) is 0.688. The molecule has 0 radical (unpaired) electrons. The molecular weight excluding hydrogens is 401 g/mol. The molecule has 0 saturated carbocycles. The van der Waals surface area contributed by atoms with Crippen molar-refractivity contribution in [3.05, 3.63) is 16.6 Å². The van der Waals surface area contributed by atoms with Gasteiger partial charge in [-0.3, -0.25) is 0 Å². The number of amides is 2. The van der Waals surface area contributed by atoms with Crippen LogP contribution < -0.4 is 5.32 Å². The molecule has 1 aliphatic heterocycles. The molecule has 0 unspecified atom stereocenters. The number of alkyl carbamates (subject to hydrolysis) is 1. The van der Waals surface area contributed by atoms with E-state index in [0.717, 1.165) is 5.69 Å². The molecule has 0 spiro atoms. The van der Waals surface area contributed by atoms with Crippen molar-refractivity contribution in [3.63, 3.8) is 0 Å². The fourth-order valence-corrected chi connectivity index (χ4v) is 3.35. The number of carboxylic acid groups (broad SMARTS) is 1. The molecule has 1 aromatic rings. The van der Waals surface area contributed by atoms with E-state index >= 15 is 0 Å². The summed E-state index contributed by atoms with van der Waals surface area (Å²) in [5, 5.41) is 14.1. The largest absolute Gasteiger partial charge is 0.465 e. The van der Waals surface area contributed by atoms with Crippen LogP contribution in [0.15, 0.2) is 10.9 Å². The number of carbonyl (C=O) groups is 2. The predicted molar refractivity (Wildman–Crippen MR) is 103 cm³/mol. The lowest BCUT2D eigenvalue weighted by atomic mass is 9.76. The highest BCUT2D eigenvalue weighted by molar-refractivity contribution is 7.07. The van der Waals surface area contributed by atoms with Crippen LogP contribution in [-0.4, -0.2) is 57.8 Å². The summed E-state index contributed by atoms with van der Waals surface area (Å²) < 4.78 is 5.28. The van der Waals surface area contributed by atoms with Crippen LogP contribution in [-0.2, 0) is 10.2 Å². The third-order valence-corrected chi connectivity index (χ3v) is 4.52. The van der Waals surface area contributed by atoms with Gasteiger partial charge in [-0.15, -0.1) is 34.5 Å². The zero-order valence-corrected chi connectivity index (χ0v) is 17.5. The molecule has 2 N–H and O–H groups in total. The van der Waals surface area contributed by atoms with Gasteiger partial charge in [0, 0.05) is 30.4 Å². The van der Waals surface area contributed by atoms with Crippen LogP contribution in [0.25, 0.3) is 0 Å². The van der Waals surface area contributed by atoms with Crippen LogP contribution in [0.2, 0.25) is 0 Å². The quantitative estimate of drug-likeness (QED) is 0.710. The number of aromatic nitrogens is 1. The number of nitrogens with zero attached hydrogens (tertiary/aromatic N) is 2. The second kappa shape index (κ2) is 10.2. The van der Waals surface area contributed by atoms with Crippen molar-refractivity contribution in [2.24, 2.45) is 0 Å². The van der Waals surface area contributed by atoms with Crippen molar-refractivity contribution in [2.45, 2.75) is 44.6 Å². The van der Waals surface area contributed by atoms with Crippen LogP contribution in [0.1, 0.15) is 39.3 Å². The van der Waals surface area contributed by atoms with E-state index in [9.17, 15) is 9.59 Å². The highest BCUT2D eigenvalue weighted by atomic mass is 35.5. The van der Waals surface area contributed by atoms with Gasteiger partial charge >= 0.3 is 12.2 Å². The molecular formula is C16H25Cl2N3O4S. The molecule has 0 aromatic carbocycles. The molecule has 2 amide bonds. The Balaban J connectivity index is 0.00000105. The third kappa shape index (κ3) is 7.17. The molecule has 1 aliphatic rings. The lowest BCUT2D eigenvalue weighted by molar-refractivity contribution is 0.0495. The number of rotatable bonds is 3. The Hall–Kier alpha value is -1.25. The summed E-state index contributed by atoms with van der Waals surface area (Å²) >= 11 is 11.0. The summed E-state index contributed by atoms with van der Waals surface area (Å²) in [6.07, 6.45) is -0.123. The Kier molecular flexibility index (Phi) is 8.92. The summed E-state index contributed by atoms with van der Waals surface area (Å²) in [7, 11) is 0. The Labute approximate surface area is 167 Å². The van der Waals surface area contributed by atoms with Crippen LogP contribution in [0, 0.1) is 0 Å². The second-order valence-corrected chi connectivity index (χ2v) is 8.41. The van der Waals surface area contributed by atoms with Gasteiger partial charge in [-0.2, -0.15) is 0 Å². The number of halogens is 2. The van der Waals surface area contributed by atoms with Gasteiger partial charge in [0.25, 0.3) is 0 Å². The molecule has 0 bridgehead atoms. The van der Waals surface area contributed by atoms with E-state index in [1.807, 2.05) is 26.2 Å². The fourth-order valence-electron chi connectivity index (χ4n) is 2.68. The number of piperidine rings is 1. The maximum Gasteiger partial charge on any atom is 0.407 e. The van der Waals surface area contributed by atoms with Crippen LogP contribution in [0.4, 0.5) is 9.59 Å². The van der Waals surface area contributed by atoms with Gasteiger partial charge in [-0.1, -0.05) is 0 Å². The molecule has 10 heteroatoms. The van der Waals surface area contributed by atoms with Crippen molar-refractivity contribution in [3.8, 4) is 0 Å². The zero-order chi connectivity index (χ0) is 19.8. The predicted octanol–water partition coefficient (Wildman–Crippen LogP) is 4.10. The molecule has 0 atom stereocenters. The number of carbonyl (C=O) groups excluding carboxylic acids is 1. The summed E-state index contributed by atoms with van der Waals surface area (Å²) in [6, 6.07) is 0. The third-order valence-electron chi connectivity index (χ3n) is 3.94. The maximum atomic E-state index is 11.9. The monoisotopic (exact) mass is 425 g/mol. The Bertz CT molecular complexity index is 571. The normalized spacial score (nSPS) is 16.3. The number of likely N-dealkylation sites (tertiary alicyclic amines) is 1. The van der Waals surface area contributed by atoms with E-state index in [-0.39, 0.29) is 10.8 Å². The Morgan fingerprint density at radius 3 is 2.38 bits per heavy atom. The number of hydrogen-bond donors (Lipinski definition) is 2. The van der Waals surface area contributed by atoms with Gasteiger partial charge in [0.2, 0.25) is 0 Å². The molecule has 7 nitrogen and oxygen atoms in total. The summed E-state index contributed by atoms with van der Waals surface area (Å²) in [5.41, 5.74) is 1.77. The van der Waals surface area contributed by atoms with E-state index in [0.29, 0.717) is 32.5 Å². The van der Waals surface area contributed by atoms with Crippen molar-refractivity contribution in [1.82, 2.24) is 15.2 Å². The van der Waals surface area contributed by atoms with Crippen LogP contribution in [0.5, 0.6) is 0 Å². The first kappa shape index (κ1) is 22.8. The summed E-state index contributed by atoms with van der Waals surface area (Å²) in [5.74, 6) is 0. The highest BCUT2D eigenvalue weighted by Gasteiger charge is 2.39. The van der Waals surface area contributed by atoms with Crippen molar-refractivity contribution in [2.75, 3.05) is 25.0 Å². The maximum absolute atomic E-state index is 11.9. The van der Waals surface area contributed by atoms with Crippen LogP contribution >= 0.6 is 34.5 Å². The van der Waals surface area contributed by atoms with Gasteiger partial charge in [-0.05, 0) is 33.6 Å². The average molecular weight is 426 g/mol. The molecule has 1 aromatic heterocycles. The van der Waals surface area contributed by atoms with E-state index < -0.39 is 17.8 Å². The Morgan fingerprint density at radius 1 is 1.38 bits per heavy atom. The second-order valence-electron chi connectivity index (χ2n) is 6.88. The molecule has 148 valence electrons. The lowest BCUT2D eigenvalue weighted by Gasteiger charge is -2.40. The van der Waals surface area contributed by atoms with E-state index in [2.05, 4.69) is 10.3 Å². The molecule has 2 rings (SSSR count). The smallest absolute Gasteiger partial charge is 0.407 e. The van der Waals surface area contributed by atoms with Gasteiger partial charge < -0.3 is 20.1 Å². The van der Waals surface area contributed by atoms with E-state index in [1.165, 1.54) is 16.2 Å². The lowest BCUT2D eigenvalue weighted by Crippen LogP contribution is -2.50. The van der Waals surface area contributed by atoms with Crippen LogP contribution in [0.3, 0.4) is 0 Å². The first-order chi connectivity index (χ1) is 12.1. The molecule has 1 saturated heterocycles. The topological polar surface area (TPSA) is 91.8 Å². The number of thiazole rings is 1. The number of hydrogen-bond acceptors (Lipinski definition) is 5. The standard InChI is InChI=1S/C15H23N3O4S.CH2Cl2/c1-14(2,3)22-12(19)16-9-15(11-8-23-10-17-11)4-6-18(7-5-15)13(20)21;2-1-3/h8,10H,4-7,9H2,1-3H3,(H,16,19)(H,20,21);1H2. The van der Waals surface area contributed by atoms with Crippen molar-refractivity contribution < 1.29 is 19.4 Å². The number of alkyl halides is 2. The average Bonchev–Trinajstić information content (AvgIpc) is 3.07. The molecule has 0 aliphatic carbocycles. The van der Waals surface area contributed by atoms with Crippen molar-refractivity contribution in [1.29, 1.82) is 0 Å². The summed E-state index contributed by atoms with van der Waals surface area (Å²) in [6.45, 7) is 6.70. The highest BCUT2D eigenvalue weighted by Crippen LogP contribution is 2.35. The number of ether oxygens (including phenoxy) is 1. The van der Waals surface area contributed by atoms with E-state index in [4.69, 9.17) is 33.0 Å². The summed E-state index contributed by atoms with van der Waals surface area (Å²) in [4.78, 5) is 28.8.